The highest BCUT2D eigenvalue weighted by molar-refractivity contribution is 7.84. The Balaban J connectivity index is 2.14. The summed E-state index contributed by atoms with van der Waals surface area (Å²) in [4.78, 5) is 0. The van der Waals surface area contributed by atoms with Crippen LogP contribution in [0.3, 0.4) is 0 Å². The topological polar surface area (TPSA) is 49.3 Å². The summed E-state index contributed by atoms with van der Waals surface area (Å²) in [7, 11) is -1.41. The Kier molecular flexibility index (Phi) is 7.60. The SMILES string of the molecule is C=CCCC(C)(C)S(=O)NC(c1ccccc1)C(O)(c1ccccc1)c1ccccc1. The van der Waals surface area contributed by atoms with Crippen LogP contribution in [0.4, 0.5) is 0 Å². The van der Waals surface area contributed by atoms with Gasteiger partial charge in [0.2, 0.25) is 0 Å². The Hall–Kier alpha value is -2.53. The Morgan fingerprint density at radius 3 is 1.81 bits per heavy atom. The number of rotatable bonds is 10. The van der Waals surface area contributed by atoms with Crippen molar-refractivity contribution in [2.45, 2.75) is 43.1 Å². The third-order valence-corrected chi connectivity index (χ3v) is 7.31. The summed E-state index contributed by atoms with van der Waals surface area (Å²) in [5.74, 6) is 0. The van der Waals surface area contributed by atoms with E-state index in [-0.39, 0.29) is 0 Å². The van der Waals surface area contributed by atoms with Crippen LogP contribution in [0.2, 0.25) is 0 Å². The Morgan fingerprint density at radius 2 is 1.35 bits per heavy atom. The van der Waals surface area contributed by atoms with Crippen LogP contribution in [0.5, 0.6) is 0 Å². The zero-order valence-electron chi connectivity index (χ0n) is 18.2. The fraction of sp³-hybridized carbons (Fsp3) is 0.259. The largest absolute Gasteiger partial charge is 0.378 e. The van der Waals surface area contributed by atoms with Crippen LogP contribution in [-0.4, -0.2) is 14.1 Å². The predicted molar refractivity (Wildman–Crippen MR) is 130 cm³/mol. The first-order chi connectivity index (χ1) is 14.9. The Bertz CT molecular complexity index is 948. The number of nitrogens with one attached hydrogen (secondary N) is 1. The first-order valence-corrected chi connectivity index (χ1v) is 11.7. The monoisotopic (exact) mass is 433 g/mol. The number of hydrogen-bond donors (Lipinski definition) is 2. The van der Waals surface area contributed by atoms with Gasteiger partial charge < -0.3 is 5.11 Å². The average molecular weight is 434 g/mol. The van der Waals surface area contributed by atoms with Gasteiger partial charge >= 0.3 is 0 Å². The van der Waals surface area contributed by atoms with E-state index in [1.165, 1.54) is 0 Å². The van der Waals surface area contributed by atoms with Crippen molar-refractivity contribution in [3.8, 4) is 0 Å². The summed E-state index contributed by atoms with van der Waals surface area (Å²) >= 11 is 0. The van der Waals surface area contributed by atoms with E-state index < -0.39 is 27.4 Å². The summed E-state index contributed by atoms with van der Waals surface area (Å²) < 4.78 is 16.3. The lowest BCUT2D eigenvalue weighted by Gasteiger charge is -2.39. The van der Waals surface area contributed by atoms with Gasteiger partial charge in [-0.3, -0.25) is 0 Å². The van der Waals surface area contributed by atoms with Crippen molar-refractivity contribution in [2.24, 2.45) is 0 Å². The zero-order chi connectivity index (χ0) is 22.3. The number of benzene rings is 3. The maximum atomic E-state index is 13.5. The van der Waals surface area contributed by atoms with Gasteiger partial charge in [-0.2, -0.15) is 0 Å². The average Bonchev–Trinajstić information content (AvgIpc) is 2.82. The second kappa shape index (κ2) is 10.2. The molecule has 3 aromatic carbocycles. The third-order valence-electron chi connectivity index (χ3n) is 5.66. The van der Waals surface area contributed by atoms with Gasteiger partial charge in [0.1, 0.15) is 5.60 Å². The third kappa shape index (κ3) is 5.21. The maximum Gasteiger partial charge on any atom is 0.135 e. The minimum Gasteiger partial charge on any atom is -0.378 e. The van der Waals surface area contributed by atoms with Gasteiger partial charge in [-0.05, 0) is 43.4 Å². The molecule has 2 atom stereocenters. The molecule has 0 saturated heterocycles. The lowest BCUT2D eigenvalue weighted by molar-refractivity contribution is 0.0453. The predicted octanol–water partition coefficient (Wildman–Crippen LogP) is 5.66. The Morgan fingerprint density at radius 1 is 0.903 bits per heavy atom. The molecule has 0 aliphatic carbocycles. The normalized spacial score (nSPS) is 14.0. The van der Waals surface area contributed by atoms with Gasteiger partial charge in [-0.1, -0.05) is 97.1 Å². The molecule has 0 spiro atoms. The molecule has 0 fully saturated rings. The van der Waals surface area contributed by atoms with E-state index in [4.69, 9.17) is 0 Å². The van der Waals surface area contributed by atoms with Crippen LogP contribution in [0.15, 0.2) is 104 Å². The van der Waals surface area contributed by atoms with Crippen LogP contribution in [0.25, 0.3) is 0 Å². The molecule has 0 radical (unpaired) electrons. The number of aliphatic hydroxyl groups is 1. The second-order valence-electron chi connectivity index (χ2n) is 8.32. The molecule has 0 aliphatic rings. The maximum absolute atomic E-state index is 13.5. The van der Waals surface area contributed by atoms with E-state index in [9.17, 15) is 9.32 Å². The minimum absolute atomic E-state index is 0.491. The van der Waals surface area contributed by atoms with Gasteiger partial charge in [0.15, 0.2) is 0 Å². The molecule has 2 unspecified atom stereocenters. The van der Waals surface area contributed by atoms with Gasteiger partial charge in [0.05, 0.1) is 21.8 Å². The van der Waals surface area contributed by atoms with Crippen molar-refractivity contribution in [3.63, 3.8) is 0 Å². The van der Waals surface area contributed by atoms with E-state index in [1.54, 1.807) is 0 Å². The van der Waals surface area contributed by atoms with Crippen LogP contribution < -0.4 is 4.72 Å². The summed E-state index contributed by atoms with van der Waals surface area (Å²) in [5.41, 5.74) is 0.922. The molecule has 0 bridgehead atoms. The molecular formula is C27H31NO2S. The summed E-state index contributed by atoms with van der Waals surface area (Å²) in [6, 6.07) is 28.3. The van der Waals surface area contributed by atoms with Gasteiger partial charge in [0, 0.05) is 0 Å². The highest BCUT2D eigenvalue weighted by Crippen LogP contribution is 2.42. The van der Waals surface area contributed by atoms with E-state index in [0.717, 1.165) is 29.5 Å². The quantitative estimate of drug-likeness (QED) is 0.405. The van der Waals surface area contributed by atoms with Crippen LogP contribution in [0, 0.1) is 0 Å². The molecule has 4 heteroatoms. The summed E-state index contributed by atoms with van der Waals surface area (Å²) in [6.45, 7) is 7.75. The van der Waals surface area contributed by atoms with Crippen LogP contribution in [-0.2, 0) is 16.6 Å². The molecular weight excluding hydrogens is 402 g/mol. The van der Waals surface area contributed by atoms with Crippen molar-refractivity contribution < 1.29 is 9.32 Å². The van der Waals surface area contributed by atoms with E-state index >= 15 is 0 Å². The Labute approximate surface area is 188 Å². The zero-order valence-corrected chi connectivity index (χ0v) is 19.0. The molecule has 0 aromatic heterocycles. The van der Waals surface area contributed by atoms with E-state index in [2.05, 4.69) is 11.3 Å². The molecule has 0 amide bonds. The molecule has 162 valence electrons. The van der Waals surface area contributed by atoms with Crippen molar-refractivity contribution >= 4 is 11.0 Å². The highest BCUT2D eigenvalue weighted by atomic mass is 32.2. The van der Waals surface area contributed by atoms with Gasteiger partial charge in [0.25, 0.3) is 0 Å². The highest BCUT2D eigenvalue weighted by Gasteiger charge is 2.43. The first-order valence-electron chi connectivity index (χ1n) is 10.6. The molecule has 0 aliphatic heterocycles. The van der Waals surface area contributed by atoms with E-state index in [0.29, 0.717) is 0 Å². The van der Waals surface area contributed by atoms with Crippen molar-refractivity contribution in [1.29, 1.82) is 0 Å². The smallest absolute Gasteiger partial charge is 0.135 e. The molecule has 2 N–H and O–H groups in total. The second-order valence-corrected chi connectivity index (χ2v) is 10.2. The molecule has 3 rings (SSSR count). The number of allylic oxidation sites excluding steroid dienone is 1. The minimum atomic E-state index is -1.42. The fourth-order valence-electron chi connectivity index (χ4n) is 3.73. The molecule has 3 aromatic rings. The van der Waals surface area contributed by atoms with Gasteiger partial charge in [-0.25, -0.2) is 8.93 Å². The molecule has 0 saturated carbocycles. The van der Waals surface area contributed by atoms with Crippen molar-refractivity contribution in [2.75, 3.05) is 0 Å². The van der Waals surface area contributed by atoms with Gasteiger partial charge in [-0.15, -0.1) is 6.58 Å². The molecule has 0 heterocycles. The van der Waals surface area contributed by atoms with E-state index in [1.807, 2.05) is 111 Å². The standard InChI is InChI=1S/C27H31NO2S/c1-4-5-21-26(2,3)31(30)28-25(22-15-9-6-10-16-22)27(29,23-17-11-7-12-18-23)24-19-13-8-14-20-24/h4,6-20,25,28-29H,1,5,21H2,2-3H3. The molecule has 3 nitrogen and oxygen atoms in total. The van der Waals surface area contributed by atoms with Crippen molar-refractivity contribution in [3.05, 3.63) is 120 Å². The lowest BCUT2D eigenvalue weighted by Crippen LogP contribution is -2.47. The van der Waals surface area contributed by atoms with Crippen LogP contribution >= 0.6 is 0 Å². The summed E-state index contributed by atoms with van der Waals surface area (Å²) in [5, 5.41) is 12.3. The molecule has 31 heavy (non-hydrogen) atoms. The van der Waals surface area contributed by atoms with Crippen molar-refractivity contribution in [1.82, 2.24) is 4.72 Å². The first kappa shape index (κ1) is 23.1. The summed E-state index contributed by atoms with van der Waals surface area (Å²) in [6.07, 6.45) is 3.35. The number of hydrogen-bond acceptors (Lipinski definition) is 2. The fourth-order valence-corrected chi connectivity index (χ4v) is 4.88. The van der Waals surface area contributed by atoms with Crippen LogP contribution in [0.1, 0.15) is 49.4 Å². The lowest BCUT2D eigenvalue weighted by atomic mass is 9.78.